The molecule has 4 bridgehead atoms. The van der Waals surface area contributed by atoms with Crippen LogP contribution in [-0.4, -0.2) is 76.1 Å². The van der Waals surface area contributed by atoms with Crippen molar-refractivity contribution in [1.29, 1.82) is 0 Å². The van der Waals surface area contributed by atoms with Crippen LogP contribution in [0.2, 0.25) is 0 Å². The molecular weight excluding hydrogens is 706 g/mol. The van der Waals surface area contributed by atoms with Crippen molar-refractivity contribution in [2.45, 2.75) is 65.3 Å². The van der Waals surface area contributed by atoms with Crippen LogP contribution >= 0.6 is 15.9 Å². The Kier molecular flexibility index (Phi) is 7.90. The van der Waals surface area contributed by atoms with Gasteiger partial charge in [0.15, 0.2) is 11.6 Å². The lowest BCUT2D eigenvalue weighted by Crippen LogP contribution is -2.47. The summed E-state index contributed by atoms with van der Waals surface area (Å²) in [7, 11) is 0. The minimum absolute atomic E-state index is 0.169. The molecule has 15 heteroatoms. The number of aryl methyl sites for hydroxylation is 2. The molecule has 2 amide bonds. The maximum absolute atomic E-state index is 14.4. The largest absolute Gasteiger partial charge is 0.373 e. The predicted molar refractivity (Wildman–Crippen MR) is 184 cm³/mol. The summed E-state index contributed by atoms with van der Waals surface area (Å²) >= 11 is 3.41. The van der Waals surface area contributed by atoms with Crippen LogP contribution in [0.15, 0.2) is 51.9 Å². The minimum Gasteiger partial charge on any atom is -0.373 e. The number of nitrogens with zero attached hydrogens (tertiary/aromatic N) is 8. The third kappa shape index (κ3) is 5.79. The molecule has 1 saturated carbocycles. The summed E-state index contributed by atoms with van der Waals surface area (Å²) in [4.78, 5) is 60.7. The van der Waals surface area contributed by atoms with Crippen LogP contribution in [0.25, 0.3) is 28.1 Å². The summed E-state index contributed by atoms with van der Waals surface area (Å²) in [6, 6.07) is 6.44. The smallest absolute Gasteiger partial charge is 0.248 e. The number of carbonyl (C=O) groups is 3. The van der Waals surface area contributed by atoms with Crippen LogP contribution in [0, 0.1) is 19.3 Å². The number of halogens is 1. The first-order chi connectivity index (χ1) is 24.1. The molecular formula is C35H32BrN9O5. The average Bonchev–Trinajstić information content (AvgIpc) is 3.35. The summed E-state index contributed by atoms with van der Waals surface area (Å²) in [6.07, 6.45) is 8.53. The molecule has 254 valence electrons. The number of hydrogen-bond acceptors (Lipinski definition) is 11. The van der Waals surface area contributed by atoms with E-state index in [2.05, 4.69) is 51.4 Å². The fourth-order valence-corrected chi connectivity index (χ4v) is 7.59. The molecule has 1 aromatic carbocycles. The number of ether oxygens (including phenoxy) is 1. The zero-order chi connectivity index (χ0) is 34.7. The first-order valence-corrected chi connectivity index (χ1v) is 17.0. The number of piperidine rings is 1. The van der Waals surface area contributed by atoms with E-state index < -0.39 is 11.5 Å². The Hall–Kier alpha value is -5.15. The molecule has 3 atom stereocenters. The van der Waals surface area contributed by atoms with Crippen LogP contribution in [0.5, 0.6) is 0 Å². The van der Waals surface area contributed by atoms with Crippen LogP contribution in [0.4, 0.5) is 5.82 Å². The lowest BCUT2D eigenvalue weighted by molar-refractivity contribution is -0.138. The summed E-state index contributed by atoms with van der Waals surface area (Å²) in [5.41, 5.74) is 3.68. The Bertz CT molecular complexity index is 2230. The second kappa shape index (κ2) is 12.3. The van der Waals surface area contributed by atoms with E-state index in [-0.39, 0.29) is 42.5 Å². The van der Waals surface area contributed by atoms with Gasteiger partial charge in [0, 0.05) is 53.7 Å². The molecule has 1 aliphatic carbocycles. The second-order valence-corrected chi connectivity index (χ2v) is 14.0. The Labute approximate surface area is 294 Å². The Morgan fingerprint density at radius 1 is 1.10 bits per heavy atom. The minimum atomic E-state index is -0.797. The second-order valence-electron chi connectivity index (χ2n) is 13.1. The quantitative estimate of drug-likeness (QED) is 0.201. The van der Waals surface area contributed by atoms with Crippen molar-refractivity contribution in [2.24, 2.45) is 5.41 Å². The highest BCUT2D eigenvalue weighted by molar-refractivity contribution is 9.10. The first kappa shape index (κ1) is 32.1. The first-order valence-electron chi connectivity index (χ1n) is 16.2. The Morgan fingerprint density at radius 2 is 1.92 bits per heavy atom. The van der Waals surface area contributed by atoms with Crippen LogP contribution < -0.4 is 5.32 Å². The highest BCUT2D eigenvalue weighted by atomic mass is 79.9. The maximum atomic E-state index is 14.4. The van der Waals surface area contributed by atoms with E-state index in [0.717, 1.165) is 16.7 Å². The van der Waals surface area contributed by atoms with Crippen molar-refractivity contribution < 1.29 is 23.6 Å². The third-order valence-corrected chi connectivity index (χ3v) is 10.1. The average molecular weight is 739 g/mol. The highest BCUT2D eigenvalue weighted by Crippen LogP contribution is 2.61. The monoisotopic (exact) mass is 737 g/mol. The molecule has 14 nitrogen and oxygen atoms in total. The molecule has 5 aromatic rings. The van der Waals surface area contributed by atoms with Crippen molar-refractivity contribution in [3.05, 3.63) is 81.7 Å². The number of anilines is 1. The van der Waals surface area contributed by atoms with Crippen molar-refractivity contribution >= 4 is 56.3 Å². The Balaban J connectivity index is 1.15. The molecule has 4 aromatic heterocycles. The standard InChI is InChI=1S/C35H32BrN9O5/c1-18-9-22(23-14-37-20(3)38-15-23)10-24-31(19(2)46)42-44(32(18)24)16-30(47)45-25-11-35(12-26(35)45)13-29-40-28(43-50-29)5-4-8-49-17-21-6-7-27(36)39-33(21)41-34(25)48/h4-7,9-10,14-15,25-26H,8,11-13,16-17H2,1-3H3,(H,39,41,48)/b5-4-/t25-,26+,35-/m0/s1. The molecule has 0 unspecified atom stereocenters. The molecule has 1 saturated heterocycles. The number of Topliss-reactive ketones (excluding diaryl/α,β-unsaturated/α-hetero) is 1. The topological polar surface area (TPSA) is 171 Å². The highest BCUT2D eigenvalue weighted by Gasteiger charge is 2.67. The van der Waals surface area contributed by atoms with E-state index in [1.807, 2.05) is 32.0 Å². The van der Waals surface area contributed by atoms with Crippen LogP contribution in [0.3, 0.4) is 0 Å². The van der Waals surface area contributed by atoms with Gasteiger partial charge in [0.1, 0.15) is 34.5 Å². The van der Waals surface area contributed by atoms with Gasteiger partial charge in [-0.05, 0) is 78.0 Å². The summed E-state index contributed by atoms with van der Waals surface area (Å²) < 4.78 is 13.5. The van der Waals surface area contributed by atoms with E-state index >= 15 is 0 Å². The van der Waals surface area contributed by atoms with Gasteiger partial charge in [0.2, 0.25) is 17.7 Å². The number of nitrogens with one attached hydrogen (secondary N) is 1. The lowest BCUT2D eigenvalue weighted by atomic mass is 9.95. The number of carbonyl (C=O) groups excluding carboxylic acids is 3. The number of ketones is 1. The number of likely N-dealkylation sites (tertiary alicyclic amines) is 1. The molecule has 0 radical (unpaired) electrons. The molecule has 8 rings (SSSR count). The molecule has 2 aliphatic heterocycles. The number of hydrogen-bond donors (Lipinski definition) is 1. The Morgan fingerprint density at radius 3 is 2.72 bits per heavy atom. The lowest BCUT2D eigenvalue weighted by Gasteiger charge is -2.27. The number of pyridine rings is 1. The van der Waals surface area contributed by atoms with Crippen molar-refractivity contribution in [3.8, 4) is 11.1 Å². The van der Waals surface area contributed by atoms with E-state index in [4.69, 9.17) is 9.26 Å². The van der Waals surface area contributed by atoms with E-state index in [1.54, 1.807) is 40.2 Å². The summed E-state index contributed by atoms with van der Waals surface area (Å²) in [5, 5.41) is 12.3. The molecule has 2 fully saturated rings. The number of rotatable bonds is 4. The number of fused-ring (bicyclic) bond motifs is 5. The molecule has 1 spiro atoms. The van der Waals surface area contributed by atoms with Gasteiger partial charge < -0.3 is 19.5 Å². The fraction of sp³-hybridized carbons (Fsp3) is 0.343. The predicted octanol–water partition coefficient (Wildman–Crippen LogP) is 4.64. The molecule has 3 aliphatic rings. The van der Waals surface area contributed by atoms with Gasteiger partial charge in [-0.2, -0.15) is 10.1 Å². The van der Waals surface area contributed by atoms with Crippen molar-refractivity contribution in [3.63, 3.8) is 0 Å². The number of aromatic nitrogens is 7. The summed E-state index contributed by atoms with van der Waals surface area (Å²) in [5.74, 6) is 1.01. The van der Waals surface area contributed by atoms with E-state index in [0.29, 0.717) is 70.3 Å². The van der Waals surface area contributed by atoms with Gasteiger partial charge in [-0.25, -0.2) is 15.0 Å². The number of benzene rings is 1. The van der Waals surface area contributed by atoms with Crippen molar-refractivity contribution in [2.75, 3.05) is 11.9 Å². The van der Waals surface area contributed by atoms with Crippen LogP contribution in [0.1, 0.15) is 58.9 Å². The van der Waals surface area contributed by atoms with Gasteiger partial charge in [0.05, 0.1) is 18.7 Å². The van der Waals surface area contributed by atoms with E-state index in [1.165, 1.54) is 6.92 Å². The maximum Gasteiger partial charge on any atom is 0.248 e. The fourth-order valence-electron chi connectivity index (χ4n) is 7.28. The zero-order valence-corrected chi connectivity index (χ0v) is 29.1. The molecule has 50 heavy (non-hydrogen) atoms. The van der Waals surface area contributed by atoms with E-state index in [9.17, 15) is 14.4 Å². The summed E-state index contributed by atoms with van der Waals surface area (Å²) in [6.45, 7) is 5.51. The normalized spacial score (nSPS) is 22.2. The number of amides is 2. The molecule has 6 heterocycles. The van der Waals surface area contributed by atoms with Gasteiger partial charge >= 0.3 is 0 Å². The zero-order valence-electron chi connectivity index (χ0n) is 27.5. The van der Waals surface area contributed by atoms with Gasteiger partial charge in [-0.3, -0.25) is 19.1 Å². The van der Waals surface area contributed by atoms with Crippen molar-refractivity contribution in [1.82, 2.24) is 39.8 Å². The van der Waals surface area contributed by atoms with Crippen LogP contribution in [-0.2, 0) is 33.9 Å². The van der Waals surface area contributed by atoms with Gasteiger partial charge in [0.25, 0.3) is 0 Å². The van der Waals surface area contributed by atoms with Gasteiger partial charge in [-0.15, -0.1) is 0 Å². The molecule has 1 N–H and O–H groups in total. The van der Waals surface area contributed by atoms with Gasteiger partial charge in [-0.1, -0.05) is 17.3 Å². The third-order valence-electron chi connectivity index (χ3n) is 9.69. The SMILES string of the molecule is CC(=O)c1nn(CC(=O)N2[C@H]3C[C@@]4(Cc5nc(no5)/C=C\COCc5ccc(Br)nc5NC3=O)C[C@@H]24)c2c(C)cc(-c3cnc(C)nc3)cc12.